The molecular formula is C17H16F3N7O2S2. The Balaban J connectivity index is 1.60. The van der Waals surface area contributed by atoms with Gasteiger partial charge in [0.05, 0.1) is 17.7 Å². The third-order valence-corrected chi connectivity index (χ3v) is 5.41. The minimum absolute atomic E-state index is 0.0327. The van der Waals surface area contributed by atoms with E-state index in [0.717, 1.165) is 23.9 Å². The van der Waals surface area contributed by atoms with Gasteiger partial charge in [-0.1, -0.05) is 29.2 Å². The first-order chi connectivity index (χ1) is 14.8. The van der Waals surface area contributed by atoms with Gasteiger partial charge >= 0.3 is 6.18 Å². The van der Waals surface area contributed by atoms with Crippen LogP contribution in [0.15, 0.2) is 34.9 Å². The Labute approximate surface area is 182 Å². The molecule has 0 aliphatic carbocycles. The molecule has 0 radical (unpaired) electrons. The third kappa shape index (κ3) is 6.24. The fourth-order valence-corrected chi connectivity index (χ4v) is 3.79. The van der Waals surface area contributed by atoms with Crippen LogP contribution in [0.4, 0.5) is 24.0 Å². The number of alkyl halides is 3. The topological polar surface area (TPSA) is 115 Å². The van der Waals surface area contributed by atoms with Gasteiger partial charge in [0.2, 0.25) is 16.9 Å². The van der Waals surface area contributed by atoms with E-state index in [1.54, 1.807) is 4.57 Å². The molecule has 2 N–H and O–H groups in total. The summed E-state index contributed by atoms with van der Waals surface area (Å²) in [6.07, 6.45) is -4.69. The van der Waals surface area contributed by atoms with Crippen LogP contribution in [-0.2, 0) is 28.7 Å². The monoisotopic (exact) mass is 471 g/mol. The number of carbonyl (C=O) groups is 2. The Morgan fingerprint density at radius 2 is 1.97 bits per heavy atom. The van der Waals surface area contributed by atoms with Crippen LogP contribution < -0.4 is 10.6 Å². The summed E-state index contributed by atoms with van der Waals surface area (Å²) < 4.78 is 40.1. The lowest BCUT2D eigenvalue weighted by Gasteiger charge is -2.10. The van der Waals surface area contributed by atoms with Crippen LogP contribution in [0, 0.1) is 0 Å². The Hall–Kier alpha value is -3.00. The Morgan fingerprint density at radius 3 is 2.65 bits per heavy atom. The first-order valence-corrected chi connectivity index (χ1v) is 10.7. The number of nitrogens with zero attached hydrogens (tertiary/aromatic N) is 5. The molecule has 14 heteroatoms. The van der Waals surface area contributed by atoms with Crippen LogP contribution in [-0.4, -0.2) is 42.5 Å². The molecule has 2 amide bonds. The number of benzene rings is 1. The maximum atomic E-state index is 12.8. The molecule has 0 aliphatic heterocycles. The normalized spacial score (nSPS) is 11.4. The fourth-order valence-electron chi connectivity index (χ4n) is 2.51. The molecule has 2 aromatic heterocycles. The number of halogens is 3. The van der Waals surface area contributed by atoms with Gasteiger partial charge in [-0.05, 0) is 25.1 Å². The van der Waals surface area contributed by atoms with Gasteiger partial charge in [0.1, 0.15) is 11.3 Å². The van der Waals surface area contributed by atoms with E-state index in [1.165, 1.54) is 29.0 Å². The highest BCUT2D eigenvalue weighted by molar-refractivity contribution is 7.99. The highest BCUT2D eigenvalue weighted by Crippen LogP contribution is 2.30. The summed E-state index contributed by atoms with van der Waals surface area (Å²) in [5, 5.41) is 21.2. The lowest BCUT2D eigenvalue weighted by molar-refractivity contribution is -0.137. The molecule has 0 saturated carbocycles. The second-order valence-electron chi connectivity index (χ2n) is 6.03. The van der Waals surface area contributed by atoms with E-state index in [0.29, 0.717) is 22.7 Å². The van der Waals surface area contributed by atoms with Crippen molar-refractivity contribution in [2.75, 3.05) is 16.4 Å². The number of nitrogens with one attached hydrogen (secondary N) is 2. The maximum Gasteiger partial charge on any atom is 0.416 e. The summed E-state index contributed by atoms with van der Waals surface area (Å²) in [6.45, 7) is 2.27. The van der Waals surface area contributed by atoms with Crippen molar-refractivity contribution in [2.45, 2.75) is 31.2 Å². The fraction of sp³-hybridized carbons (Fsp3) is 0.294. The molecule has 1 aromatic carbocycles. The third-order valence-electron chi connectivity index (χ3n) is 3.84. The van der Waals surface area contributed by atoms with Gasteiger partial charge in [-0.15, -0.1) is 20.4 Å². The average molecular weight is 471 g/mol. The molecule has 0 unspecified atom stereocenters. The Bertz CT molecular complexity index is 1050. The summed E-state index contributed by atoms with van der Waals surface area (Å²) in [5.74, 6) is -0.448. The zero-order chi connectivity index (χ0) is 22.4. The highest BCUT2D eigenvalue weighted by Gasteiger charge is 2.30. The molecule has 31 heavy (non-hydrogen) atoms. The molecule has 9 nitrogen and oxygen atoms in total. The summed E-state index contributed by atoms with van der Waals surface area (Å²) in [5.41, 5.74) is 0.672. The van der Waals surface area contributed by atoms with E-state index >= 15 is 0 Å². The standard InChI is InChI=1S/C17H16F3N7O2S2/c1-2-27-12(7-13(28)22-11-5-3-4-10(6-11)17(18,19)20)24-26-16(27)30-8-14(29)23-15-25-21-9-31-15/h3-6,9H,2,7-8H2,1H3,(H,22,28)(H,23,25,29). The van der Waals surface area contributed by atoms with Crippen molar-refractivity contribution in [3.8, 4) is 0 Å². The molecule has 0 bridgehead atoms. The first-order valence-electron chi connectivity index (χ1n) is 8.84. The lowest BCUT2D eigenvalue weighted by atomic mass is 10.2. The van der Waals surface area contributed by atoms with Crippen molar-refractivity contribution in [1.29, 1.82) is 0 Å². The quantitative estimate of drug-likeness (QED) is 0.485. The van der Waals surface area contributed by atoms with Gasteiger partial charge in [0.15, 0.2) is 5.16 Å². The van der Waals surface area contributed by atoms with E-state index in [2.05, 4.69) is 31.0 Å². The number of amides is 2. The second-order valence-corrected chi connectivity index (χ2v) is 7.80. The van der Waals surface area contributed by atoms with Gasteiger partial charge in [0.25, 0.3) is 0 Å². The van der Waals surface area contributed by atoms with Crippen LogP contribution in [0.3, 0.4) is 0 Å². The van der Waals surface area contributed by atoms with Crippen LogP contribution in [0.2, 0.25) is 0 Å². The minimum Gasteiger partial charge on any atom is -0.326 e. The molecule has 2 heterocycles. The summed E-state index contributed by atoms with van der Waals surface area (Å²) in [7, 11) is 0. The lowest BCUT2D eigenvalue weighted by Crippen LogP contribution is -2.18. The number of rotatable bonds is 8. The van der Waals surface area contributed by atoms with Crippen LogP contribution in [0.5, 0.6) is 0 Å². The zero-order valence-corrected chi connectivity index (χ0v) is 17.6. The van der Waals surface area contributed by atoms with Gasteiger partial charge in [-0.2, -0.15) is 13.2 Å². The first kappa shape index (κ1) is 22.7. The Kier molecular flexibility index (Phi) is 7.22. The highest BCUT2D eigenvalue weighted by atomic mass is 32.2. The molecular weight excluding hydrogens is 455 g/mol. The van der Waals surface area contributed by atoms with Gasteiger partial charge < -0.3 is 9.88 Å². The molecule has 3 aromatic rings. The van der Waals surface area contributed by atoms with Crippen molar-refractivity contribution in [3.05, 3.63) is 41.2 Å². The van der Waals surface area contributed by atoms with E-state index in [-0.39, 0.29) is 23.8 Å². The predicted molar refractivity (Wildman–Crippen MR) is 109 cm³/mol. The maximum absolute atomic E-state index is 12.8. The number of hydrogen-bond donors (Lipinski definition) is 2. The summed E-state index contributed by atoms with van der Waals surface area (Å²) >= 11 is 2.33. The average Bonchev–Trinajstić information content (AvgIpc) is 3.35. The molecule has 0 aliphatic rings. The van der Waals surface area contributed by atoms with Crippen molar-refractivity contribution in [2.24, 2.45) is 0 Å². The molecule has 0 spiro atoms. The Morgan fingerprint density at radius 1 is 1.16 bits per heavy atom. The summed E-state index contributed by atoms with van der Waals surface area (Å²) in [6, 6.07) is 4.37. The van der Waals surface area contributed by atoms with Gasteiger partial charge in [-0.3, -0.25) is 14.9 Å². The predicted octanol–water partition coefficient (Wildman–Crippen LogP) is 3.08. The summed E-state index contributed by atoms with van der Waals surface area (Å²) in [4.78, 5) is 24.3. The number of thioether (sulfide) groups is 1. The van der Waals surface area contributed by atoms with E-state index in [1.807, 2.05) is 6.92 Å². The SMILES string of the molecule is CCn1c(CC(=O)Nc2cccc(C(F)(F)F)c2)nnc1SCC(=O)Nc1nncs1. The van der Waals surface area contributed by atoms with E-state index in [9.17, 15) is 22.8 Å². The zero-order valence-electron chi connectivity index (χ0n) is 16.0. The smallest absolute Gasteiger partial charge is 0.326 e. The van der Waals surface area contributed by atoms with Crippen LogP contribution in [0.25, 0.3) is 0 Å². The van der Waals surface area contributed by atoms with Crippen molar-refractivity contribution in [3.63, 3.8) is 0 Å². The molecule has 0 atom stereocenters. The minimum atomic E-state index is -4.50. The molecule has 164 valence electrons. The van der Waals surface area contributed by atoms with E-state index in [4.69, 9.17) is 0 Å². The van der Waals surface area contributed by atoms with Crippen molar-refractivity contribution in [1.82, 2.24) is 25.0 Å². The van der Waals surface area contributed by atoms with Crippen molar-refractivity contribution < 1.29 is 22.8 Å². The molecule has 0 saturated heterocycles. The van der Waals surface area contributed by atoms with Crippen LogP contribution >= 0.6 is 23.1 Å². The molecule has 3 rings (SSSR count). The largest absolute Gasteiger partial charge is 0.416 e. The molecule has 0 fully saturated rings. The van der Waals surface area contributed by atoms with Gasteiger partial charge in [-0.25, -0.2) is 0 Å². The number of aromatic nitrogens is 5. The number of anilines is 2. The number of hydrogen-bond acceptors (Lipinski definition) is 8. The van der Waals surface area contributed by atoms with Crippen molar-refractivity contribution >= 4 is 45.7 Å². The van der Waals surface area contributed by atoms with Gasteiger partial charge in [0, 0.05) is 12.2 Å². The van der Waals surface area contributed by atoms with E-state index < -0.39 is 17.6 Å². The second kappa shape index (κ2) is 9.87. The van der Waals surface area contributed by atoms with Crippen LogP contribution in [0.1, 0.15) is 18.3 Å². The number of carbonyl (C=O) groups excluding carboxylic acids is 2.